The first-order valence-electron chi connectivity index (χ1n) is 17.3. The summed E-state index contributed by atoms with van der Waals surface area (Å²) in [5.41, 5.74) is 2.92. The molecule has 282 valence electrons. The highest BCUT2D eigenvalue weighted by Gasteiger charge is 2.46. The van der Waals surface area contributed by atoms with Gasteiger partial charge in [-0.2, -0.15) is 0 Å². The van der Waals surface area contributed by atoms with E-state index in [-0.39, 0.29) is 29.7 Å². The number of hydrogen-bond donors (Lipinski definition) is 0. The first-order valence-corrected chi connectivity index (χ1v) is 23.0. The molecule has 52 heavy (non-hydrogen) atoms. The van der Waals surface area contributed by atoms with E-state index < -0.39 is 52.7 Å². The zero-order valence-corrected chi connectivity index (χ0v) is 33.5. The van der Waals surface area contributed by atoms with Crippen molar-refractivity contribution in [1.82, 2.24) is 7.42 Å². The Kier molecular flexibility index (Phi) is 13.7. The van der Waals surface area contributed by atoms with Gasteiger partial charge in [0.25, 0.3) is 40.1 Å². The molecule has 0 aliphatic heterocycles. The number of benzene rings is 4. The fourth-order valence-electron chi connectivity index (χ4n) is 5.73. The van der Waals surface area contributed by atoms with Crippen molar-refractivity contribution in [2.45, 2.75) is 105 Å². The van der Waals surface area contributed by atoms with Crippen LogP contribution < -0.4 is 0 Å². The van der Waals surface area contributed by atoms with Crippen LogP contribution in [0, 0.1) is 27.7 Å². The molecule has 0 fully saturated rings. The molecule has 0 amide bonds. The Morgan fingerprint density at radius 2 is 0.712 bits per heavy atom. The highest BCUT2D eigenvalue weighted by Crippen LogP contribution is 2.33. The molecule has 0 aliphatic carbocycles. The van der Waals surface area contributed by atoms with E-state index in [2.05, 4.69) is 6.92 Å². The predicted molar refractivity (Wildman–Crippen MR) is 204 cm³/mol. The van der Waals surface area contributed by atoms with Gasteiger partial charge in [0.2, 0.25) is 0 Å². The van der Waals surface area contributed by atoms with E-state index in [0.29, 0.717) is 16.6 Å². The van der Waals surface area contributed by atoms with Gasteiger partial charge >= 0.3 is 0 Å². The molecule has 1 atom stereocenters. The summed E-state index contributed by atoms with van der Waals surface area (Å²) in [7, 11) is -19.7. The smallest absolute Gasteiger partial charge is 0.206 e. The summed E-state index contributed by atoms with van der Waals surface area (Å²) in [6.45, 7) is 8.06. The van der Waals surface area contributed by atoms with Crippen LogP contribution >= 0.6 is 0 Å². The third-order valence-corrected chi connectivity index (χ3v) is 17.6. The maximum atomic E-state index is 14.7. The Hall–Kier alpha value is -3.40. The number of sulfonamides is 4. The average molecular weight is 789 g/mol. The Labute approximate surface area is 310 Å². The van der Waals surface area contributed by atoms with Crippen molar-refractivity contribution in [1.29, 1.82) is 0 Å². The Bertz CT molecular complexity index is 2090. The van der Waals surface area contributed by atoms with E-state index in [1.165, 1.54) is 97.1 Å². The van der Waals surface area contributed by atoms with Crippen LogP contribution in [0.4, 0.5) is 0 Å². The molecule has 10 nitrogen and oxygen atoms in total. The zero-order chi connectivity index (χ0) is 38.3. The molecule has 0 aromatic heterocycles. The normalized spacial score (nSPS) is 13.4. The molecule has 4 aromatic rings. The van der Waals surface area contributed by atoms with Crippen molar-refractivity contribution >= 4 is 40.1 Å². The SMILES string of the molecule is CCCCCCCCC(CN(S(=O)(=O)c1ccc(C)cc1)S(=O)(=O)c1ccc(C)cc1)N(S(=O)(=O)c1ccc(C)cc1)S(=O)(=O)c1ccc(C)cc1. The lowest BCUT2D eigenvalue weighted by molar-refractivity contribution is 0.351. The molecule has 0 aliphatic rings. The number of nitrogens with zero attached hydrogens (tertiary/aromatic N) is 2. The minimum atomic E-state index is -4.93. The lowest BCUT2D eigenvalue weighted by atomic mass is 10.1. The molecule has 4 rings (SSSR count). The van der Waals surface area contributed by atoms with Crippen LogP contribution in [-0.4, -0.2) is 53.7 Å². The Morgan fingerprint density at radius 3 is 1.04 bits per heavy atom. The van der Waals surface area contributed by atoms with Gasteiger partial charge in [-0.05, 0) is 82.6 Å². The molecule has 0 spiro atoms. The topological polar surface area (TPSA) is 143 Å². The van der Waals surface area contributed by atoms with Crippen LogP contribution in [0.15, 0.2) is 117 Å². The van der Waals surface area contributed by atoms with Crippen LogP contribution in [0.2, 0.25) is 0 Å². The van der Waals surface area contributed by atoms with Crippen LogP contribution in [0.5, 0.6) is 0 Å². The zero-order valence-electron chi connectivity index (χ0n) is 30.3. The summed E-state index contributed by atoms with van der Waals surface area (Å²) in [6.07, 6.45) is 4.41. The summed E-state index contributed by atoms with van der Waals surface area (Å²) in [6, 6.07) is 20.8. The number of aryl methyl sites for hydroxylation is 4. The minimum absolute atomic E-state index is 0.147. The largest absolute Gasteiger partial charge is 0.256 e. The predicted octanol–water partition coefficient (Wildman–Crippen LogP) is 7.50. The lowest BCUT2D eigenvalue weighted by Gasteiger charge is -2.33. The van der Waals surface area contributed by atoms with Gasteiger partial charge < -0.3 is 0 Å². The van der Waals surface area contributed by atoms with Crippen LogP contribution in [0.25, 0.3) is 0 Å². The molecule has 0 N–H and O–H groups in total. The van der Waals surface area contributed by atoms with E-state index in [1.807, 2.05) is 0 Å². The molecule has 0 bridgehead atoms. The van der Waals surface area contributed by atoms with Gasteiger partial charge in [-0.15, -0.1) is 0 Å². The van der Waals surface area contributed by atoms with Crippen LogP contribution in [0.3, 0.4) is 0 Å². The van der Waals surface area contributed by atoms with Gasteiger partial charge in [0, 0.05) is 6.54 Å². The Morgan fingerprint density at radius 1 is 0.423 bits per heavy atom. The third-order valence-electron chi connectivity index (χ3n) is 8.83. The van der Waals surface area contributed by atoms with Gasteiger partial charge in [0.15, 0.2) is 0 Å². The molecule has 4 aromatic carbocycles. The molecular formula is C38H48N2O8S4. The summed E-state index contributed by atoms with van der Waals surface area (Å²) in [5.74, 6) is 0. The molecule has 0 heterocycles. The first kappa shape index (κ1) is 41.4. The van der Waals surface area contributed by atoms with Gasteiger partial charge in [0.05, 0.1) is 25.6 Å². The van der Waals surface area contributed by atoms with Gasteiger partial charge in [-0.1, -0.05) is 124 Å². The summed E-state index contributed by atoms with van der Waals surface area (Å²) in [4.78, 5) is -1.37. The number of rotatable bonds is 18. The van der Waals surface area contributed by atoms with Crippen LogP contribution in [-0.2, 0) is 40.1 Å². The van der Waals surface area contributed by atoms with Crippen LogP contribution in [0.1, 0.15) is 74.1 Å². The monoisotopic (exact) mass is 788 g/mol. The summed E-state index contributed by atoms with van der Waals surface area (Å²) < 4.78 is 117. The molecule has 0 saturated heterocycles. The second-order valence-corrected chi connectivity index (χ2v) is 21.0. The van der Waals surface area contributed by atoms with Gasteiger partial charge in [-0.3, -0.25) is 0 Å². The Balaban J connectivity index is 1.99. The fraction of sp³-hybridized carbons (Fsp3) is 0.368. The second kappa shape index (κ2) is 17.2. The fourth-order valence-corrected chi connectivity index (χ4v) is 13.5. The van der Waals surface area contributed by atoms with E-state index in [9.17, 15) is 33.7 Å². The van der Waals surface area contributed by atoms with E-state index >= 15 is 0 Å². The van der Waals surface area contributed by atoms with Crippen molar-refractivity contribution in [2.75, 3.05) is 6.54 Å². The highest BCUT2D eigenvalue weighted by molar-refractivity contribution is 8.04. The average Bonchev–Trinajstić information content (AvgIpc) is 3.09. The molecule has 1 unspecified atom stereocenters. The van der Waals surface area contributed by atoms with E-state index in [4.69, 9.17) is 0 Å². The van der Waals surface area contributed by atoms with E-state index in [1.54, 1.807) is 27.7 Å². The molecular weight excluding hydrogens is 741 g/mol. The standard InChI is InChI=1S/C38H48N2O8S4/c1-6-7-8-9-10-11-12-34(40(51(45,46)37-25-17-32(4)18-26-37)52(47,48)38-27-19-33(5)20-28-38)29-39(49(41,42)35-21-13-30(2)14-22-35)50(43,44)36-23-15-31(3)16-24-36/h13-28,34H,6-12,29H2,1-5H3. The first-order chi connectivity index (χ1) is 24.4. The lowest BCUT2D eigenvalue weighted by Crippen LogP contribution is -2.52. The molecule has 0 saturated carbocycles. The minimum Gasteiger partial charge on any atom is -0.206 e. The quantitative estimate of drug-likeness (QED) is 0.0944. The third kappa shape index (κ3) is 9.57. The summed E-state index contributed by atoms with van der Waals surface area (Å²) in [5, 5.41) is 0. The number of hydrogen-bond acceptors (Lipinski definition) is 8. The van der Waals surface area contributed by atoms with Crippen molar-refractivity contribution in [3.63, 3.8) is 0 Å². The summed E-state index contributed by atoms with van der Waals surface area (Å²) >= 11 is 0. The van der Waals surface area contributed by atoms with Gasteiger partial charge in [-0.25, -0.2) is 33.7 Å². The van der Waals surface area contributed by atoms with Crippen molar-refractivity contribution in [3.8, 4) is 0 Å². The molecule has 0 radical (unpaired) electrons. The maximum Gasteiger partial charge on any atom is 0.256 e. The molecule has 14 heteroatoms. The van der Waals surface area contributed by atoms with Crippen molar-refractivity contribution < 1.29 is 33.7 Å². The highest BCUT2D eigenvalue weighted by atomic mass is 32.3. The van der Waals surface area contributed by atoms with Crippen molar-refractivity contribution in [3.05, 3.63) is 119 Å². The van der Waals surface area contributed by atoms with E-state index in [0.717, 1.165) is 47.9 Å². The van der Waals surface area contributed by atoms with Crippen molar-refractivity contribution in [2.24, 2.45) is 0 Å². The number of unbranched alkanes of at least 4 members (excludes halogenated alkanes) is 5. The second-order valence-electron chi connectivity index (χ2n) is 13.2. The maximum absolute atomic E-state index is 14.7. The van der Waals surface area contributed by atoms with Gasteiger partial charge in [0.1, 0.15) is 0 Å².